The molecule has 0 aliphatic carbocycles. The van der Waals surface area contributed by atoms with E-state index < -0.39 is 0 Å². The van der Waals surface area contributed by atoms with Crippen LogP contribution in [0.25, 0.3) is 0 Å². The number of hydrogen-bond donors (Lipinski definition) is 2. The Labute approximate surface area is 121 Å². The van der Waals surface area contributed by atoms with Crippen LogP contribution in [0.15, 0.2) is 0 Å². The summed E-state index contributed by atoms with van der Waals surface area (Å²) in [5.41, 5.74) is 5.73. The second-order valence-corrected chi connectivity index (χ2v) is 5.84. The SMILES string of the molecule is CNC(=O)CN1CCN(C(=O)C(CN)CC(C)C)CC1. The molecule has 0 aromatic carbocycles. The highest BCUT2D eigenvalue weighted by Gasteiger charge is 2.27. The Morgan fingerprint density at radius 3 is 2.25 bits per heavy atom. The molecule has 1 saturated heterocycles. The number of carbonyl (C=O) groups excluding carboxylic acids is 2. The first kappa shape index (κ1) is 16.9. The van der Waals surface area contributed by atoms with Crippen molar-refractivity contribution < 1.29 is 9.59 Å². The van der Waals surface area contributed by atoms with Gasteiger partial charge in [-0.15, -0.1) is 0 Å². The standard InChI is InChI=1S/C14H28N4O2/c1-11(2)8-12(9-15)14(20)18-6-4-17(5-7-18)10-13(19)16-3/h11-12H,4-10,15H2,1-3H3,(H,16,19). The van der Waals surface area contributed by atoms with Crippen LogP contribution < -0.4 is 11.1 Å². The third-order valence-electron chi connectivity index (χ3n) is 3.72. The predicted molar refractivity (Wildman–Crippen MR) is 79.1 cm³/mol. The van der Waals surface area contributed by atoms with Crippen molar-refractivity contribution in [3.63, 3.8) is 0 Å². The number of rotatable bonds is 6. The van der Waals surface area contributed by atoms with Crippen LogP contribution in [0.4, 0.5) is 0 Å². The summed E-state index contributed by atoms with van der Waals surface area (Å²) < 4.78 is 0. The fraction of sp³-hybridized carbons (Fsp3) is 0.857. The quantitative estimate of drug-likeness (QED) is 0.689. The normalized spacial score (nSPS) is 18.1. The average molecular weight is 284 g/mol. The molecule has 20 heavy (non-hydrogen) atoms. The van der Waals surface area contributed by atoms with Gasteiger partial charge in [0.2, 0.25) is 11.8 Å². The average Bonchev–Trinajstić information content (AvgIpc) is 2.44. The molecule has 6 heteroatoms. The second-order valence-electron chi connectivity index (χ2n) is 5.84. The van der Waals surface area contributed by atoms with Gasteiger partial charge >= 0.3 is 0 Å². The number of nitrogens with one attached hydrogen (secondary N) is 1. The number of piperazine rings is 1. The van der Waals surface area contributed by atoms with E-state index in [0.29, 0.717) is 32.1 Å². The van der Waals surface area contributed by atoms with Gasteiger partial charge < -0.3 is 16.0 Å². The third kappa shape index (κ3) is 5.09. The smallest absolute Gasteiger partial charge is 0.233 e. The van der Waals surface area contributed by atoms with Crippen LogP contribution in [0.3, 0.4) is 0 Å². The van der Waals surface area contributed by atoms with Crippen molar-refractivity contribution in [2.24, 2.45) is 17.6 Å². The van der Waals surface area contributed by atoms with E-state index in [2.05, 4.69) is 24.1 Å². The second kappa shape index (κ2) is 8.21. The first-order chi connectivity index (χ1) is 9.47. The van der Waals surface area contributed by atoms with E-state index in [-0.39, 0.29) is 17.7 Å². The lowest BCUT2D eigenvalue weighted by atomic mass is 9.95. The molecule has 1 rings (SSSR count). The molecular weight excluding hydrogens is 256 g/mol. The topological polar surface area (TPSA) is 78.7 Å². The van der Waals surface area contributed by atoms with Crippen molar-refractivity contribution in [2.75, 3.05) is 46.3 Å². The zero-order valence-electron chi connectivity index (χ0n) is 12.9. The Morgan fingerprint density at radius 2 is 1.80 bits per heavy atom. The van der Waals surface area contributed by atoms with Crippen LogP contribution in [-0.4, -0.2) is 67.9 Å². The molecule has 3 N–H and O–H groups in total. The maximum absolute atomic E-state index is 12.4. The predicted octanol–water partition coefficient (Wildman–Crippen LogP) is -0.502. The summed E-state index contributed by atoms with van der Waals surface area (Å²) in [6.45, 7) is 7.90. The summed E-state index contributed by atoms with van der Waals surface area (Å²) in [5.74, 6) is 0.591. The van der Waals surface area contributed by atoms with E-state index in [1.807, 2.05) is 4.90 Å². The van der Waals surface area contributed by atoms with Gasteiger partial charge in [0.15, 0.2) is 0 Å². The lowest BCUT2D eigenvalue weighted by Gasteiger charge is -2.36. The highest BCUT2D eigenvalue weighted by molar-refractivity contribution is 5.79. The number of nitrogens with zero attached hydrogens (tertiary/aromatic N) is 2. The van der Waals surface area contributed by atoms with Gasteiger partial charge in [-0.1, -0.05) is 13.8 Å². The number of amides is 2. The Bertz CT molecular complexity index is 325. The van der Waals surface area contributed by atoms with Crippen molar-refractivity contribution in [2.45, 2.75) is 20.3 Å². The minimum atomic E-state index is -0.0690. The molecule has 1 heterocycles. The van der Waals surface area contributed by atoms with Gasteiger partial charge in [-0.2, -0.15) is 0 Å². The molecule has 1 fully saturated rings. The van der Waals surface area contributed by atoms with Gasteiger partial charge in [-0.3, -0.25) is 14.5 Å². The van der Waals surface area contributed by atoms with Gasteiger partial charge in [0.1, 0.15) is 0 Å². The van der Waals surface area contributed by atoms with Crippen molar-refractivity contribution in [1.29, 1.82) is 0 Å². The molecule has 1 aliphatic rings. The van der Waals surface area contributed by atoms with Crippen molar-refractivity contribution in [3.05, 3.63) is 0 Å². The van der Waals surface area contributed by atoms with Gasteiger partial charge in [0.25, 0.3) is 0 Å². The summed E-state index contributed by atoms with van der Waals surface area (Å²) in [4.78, 5) is 27.7. The lowest BCUT2D eigenvalue weighted by molar-refractivity contribution is -0.137. The Balaban J connectivity index is 2.43. The zero-order chi connectivity index (χ0) is 15.1. The van der Waals surface area contributed by atoms with E-state index in [1.165, 1.54) is 0 Å². The van der Waals surface area contributed by atoms with Crippen LogP contribution in [0, 0.1) is 11.8 Å². The first-order valence-electron chi connectivity index (χ1n) is 7.39. The molecule has 1 atom stereocenters. The molecule has 0 bridgehead atoms. The first-order valence-corrected chi connectivity index (χ1v) is 7.39. The van der Waals surface area contributed by atoms with E-state index in [9.17, 15) is 9.59 Å². The summed E-state index contributed by atoms with van der Waals surface area (Å²) in [5, 5.41) is 2.62. The van der Waals surface area contributed by atoms with Crippen molar-refractivity contribution >= 4 is 11.8 Å². The maximum Gasteiger partial charge on any atom is 0.233 e. The molecule has 0 aromatic heterocycles. The maximum atomic E-state index is 12.4. The van der Waals surface area contributed by atoms with Crippen molar-refractivity contribution in [1.82, 2.24) is 15.1 Å². The van der Waals surface area contributed by atoms with Crippen LogP contribution in [0.2, 0.25) is 0 Å². The molecule has 0 radical (unpaired) electrons. The molecule has 1 aliphatic heterocycles. The molecule has 0 saturated carbocycles. The van der Waals surface area contributed by atoms with Crippen LogP contribution in [-0.2, 0) is 9.59 Å². The van der Waals surface area contributed by atoms with Gasteiger partial charge in [0, 0.05) is 39.8 Å². The molecule has 6 nitrogen and oxygen atoms in total. The van der Waals surface area contributed by atoms with Crippen molar-refractivity contribution in [3.8, 4) is 0 Å². The monoisotopic (exact) mass is 284 g/mol. The van der Waals surface area contributed by atoms with Crippen LogP contribution >= 0.6 is 0 Å². The van der Waals surface area contributed by atoms with E-state index >= 15 is 0 Å². The molecular formula is C14H28N4O2. The number of hydrogen-bond acceptors (Lipinski definition) is 4. The van der Waals surface area contributed by atoms with E-state index in [0.717, 1.165) is 19.5 Å². The number of nitrogens with two attached hydrogens (primary N) is 1. The molecule has 2 amide bonds. The Hall–Kier alpha value is -1.14. The third-order valence-corrected chi connectivity index (χ3v) is 3.72. The molecule has 0 spiro atoms. The van der Waals surface area contributed by atoms with E-state index in [1.54, 1.807) is 7.05 Å². The molecule has 1 unspecified atom stereocenters. The van der Waals surface area contributed by atoms with Gasteiger partial charge in [0.05, 0.1) is 12.5 Å². The summed E-state index contributed by atoms with van der Waals surface area (Å²) in [7, 11) is 1.64. The minimum Gasteiger partial charge on any atom is -0.358 e. The minimum absolute atomic E-state index is 0.0180. The summed E-state index contributed by atoms with van der Waals surface area (Å²) in [6.07, 6.45) is 0.841. The summed E-state index contributed by atoms with van der Waals surface area (Å²) >= 11 is 0. The fourth-order valence-corrected chi connectivity index (χ4v) is 2.53. The Morgan fingerprint density at radius 1 is 1.20 bits per heavy atom. The highest BCUT2D eigenvalue weighted by atomic mass is 16.2. The van der Waals surface area contributed by atoms with Gasteiger partial charge in [-0.25, -0.2) is 0 Å². The van der Waals surface area contributed by atoms with Gasteiger partial charge in [-0.05, 0) is 12.3 Å². The summed E-state index contributed by atoms with van der Waals surface area (Å²) in [6, 6.07) is 0. The number of carbonyl (C=O) groups is 2. The highest BCUT2D eigenvalue weighted by Crippen LogP contribution is 2.15. The largest absolute Gasteiger partial charge is 0.358 e. The number of likely N-dealkylation sites (N-methyl/N-ethyl adjacent to an activating group) is 1. The molecule has 116 valence electrons. The Kier molecular flexibility index (Phi) is 6.95. The van der Waals surface area contributed by atoms with Crippen LogP contribution in [0.5, 0.6) is 0 Å². The van der Waals surface area contributed by atoms with E-state index in [4.69, 9.17) is 5.73 Å². The zero-order valence-corrected chi connectivity index (χ0v) is 12.9. The molecule has 0 aromatic rings. The fourth-order valence-electron chi connectivity index (χ4n) is 2.53. The van der Waals surface area contributed by atoms with Crippen LogP contribution in [0.1, 0.15) is 20.3 Å². The lowest BCUT2D eigenvalue weighted by Crippen LogP contribution is -2.52.